The second kappa shape index (κ2) is 5.93. The van der Waals surface area contributed by atoms with E-state index in [0.717, 1.165) is 23.1 Å². The Balaban J connectivity index is 1.67. The summed E-state index contributed by atoms with van der Waals surface area (Å²) in [7, 11) is 0. The van der Waals surface area contributed by atoms with Gasteiger partial charge < -0.3 is 14.1 Å². The van der Waals surface area contributed by atoms with Crippen molar-refractivity contribution in [3.8, 4) is 11.6 Å². The summed E-state index contributed by atoms with van der Waals surface area (Å²) in [6.45, 7) is 0.671. The minimum atomic E-state index is -0.108. The van der Waals surface area contributed by atoms with Crippen molar-refractivity contribution in [3.63, 3.8) is 0 Å². The van der Waals surface area contributed by atoms with E-state index in [1.54, 1.807) is 30.2 Å². The highest BCUT2D eigenvalue weighted by Crippen LogP contribution is 2.21. The Kier molecular flexibility index (Phi) is 3.84. The molecule has 20 heavy (non-hydrogen) atoms. The molecule has 0 aliphatic heterocycles. The molecule has 0 saturated carbocycles. The summed E-state index contributed by atoms with van der Waals surface area (Å²) in [4.78, 5) is 4.29. The lowest BCUT2D eigenvalue weighted by Crippen LogP contribution is -2.01. The zero-order valence-electron chi connectivity index (χ0n) is 10.6. The van der Waals surface area contributed by atoms with Crippen molar-refractivity contribution in [1.29, 1.82) is 0 Å². The van der Waals surface area contributed by atoms with E-state index in [2.05, 4.69) is 20.4 Å². The number of furan rings is 1. The Bertz CT molecular complexity index is 661. The van der Waals surface area contributed by atoms with Gasteiger partial charge >= 0.3 is 0 Å². The number of thioether (sulfide) groups is 1. The van der Waals surface area contributed by atoms with Gasteiger partial charge in [0.25, 0.3) is 0 Å². The fourth-order valence-electron chi connectivity index (χ4n) is 1.81. The molecule has 0 atom stereocenters. The predicted molar refractivity (Wildman–Crippen MR) is 73.0 cm³/mol. The maximum Gasteiger partial charge on any atom is 0.176 e. The molecule has 0 aliphatic carbocycles. The first kappa shape index (κ1) is 12.9. The summed E-state index contributed by atoms with van der Waals surface area (Å²) in [6.07, 6.45) is 5.33. The zero-order chi connectivity index (χ0) is 13.8. The number of nitrogens with one attached hydrogen (secondary N) is 1. The summed E-state index contributed by atoms with van der Waals surface area (Å²) in [5.41, 5.74) is 0. The number of hydrogen-bond acceptors (Lipinski definition) is 6. The highest BCUT2D eigenvalue weighted by molar-refractivity contribution is 7.99. The van der Waals surface area contributed by atoms with Gasteiger partial charge in [0, 0.05) is 24.7 Å². The molecule has 0 saturated heterocycles. The number of rotatable bonds is 6. The third-order valence-electron chi connectivity index (χ3n) is 2.73. The molecule has 0 aromatic carbocycles. The smallest absolute Gasteiger partial charge is 0.176 e. The van der Waals surface area contributed by atoms with Crippen molar-refractivity contribution >= 4 is 11.8 Å². The van der Waals surface area contributed by atoms with Crippen LogP contribution in [0.5, 0.6) is 0 Å². The van der Waals surface area contributed by atoms with Crippen LogP contribution in [-0.2, 0) is 13.2 Å². The minimum Gasteiger partial charge on any atom is -0.455 e. The molecular formula is C12H13N5O2S. The monoisotopic (exact) mass is 291 g/mol. The number of aliphatic hydroxyl groups excluding tert-OH is 1. The Morgan fingerprint density at radius 2 is 2.35 bits per heavy atom. The van der Waals surface area contributed by atoms with Crippen LogP contribution in [0.15, 0.2) is 40.2 Å². The Labute approximate surface area is 119 Å². The van der Waals surface area contributed by atoms with Crippen molar-refractivity contribution in [2.24, 2.45) is 0 Å². The van der Waals surface area contributed by atoms with E-state index in [9.17, 15) is 0 Å². The molecule has 0 spiro atoms. The molecule has 0 fully saturated rings. The highest BCUT2D eigenvalue weighted by Gasteiger charge is 2.10. The largest absolute Gasteiger partial charge is 0.455 e. The molecule has 0 aliphatic rings. The highest BCUT2D eigenvalue weighted by atomic mass is 32.2. The standard InChI is InChI=1S/C12H13N5O2S/c18-8-9-1-2-10(19-9)12-13-3-4-17(12)5-6-20-11-7-14-16-15-11/h1-4,7,18H,5-6,8H2,(H,14,15,16). The molecule has 7 nitrogen and oxygen atoms in total. The Hall–Kier alpha value is -2.06. The van der Waals surface area contributed by atoms with Crippen molar-refractivity contribution in [3.05, 3.63) is 36.5 Å². The van der Waals surface area contributed by atoms with Gasteiger partial charge in [-0.3, -0.25) is 0 Å². The van der Waals surface area contributed by atoms with Gasteiger partial charge in [0.15, 0.2) is 11.6 Å². The van der Waals surface area contributed by atoms with Gasteiger partial charge in [-0.2, -0.15) is 10.3 Å². The molecule has 0 bridgehead atoms. The fraction of sp³-hybridized carbons (Fsp3) is 0.250. The quantitative estimate of drug-likeness (QED) is 0.669. The third kappa shape index (κ3) is 2.75. The van der Waals surface area contributed by atoms with E-state index in [0.29, 0.717) is 11.5 Å². The topological polar surface area (TPSA) is 92.8 Å². The van der Waals surface area contributed by atoms with E-state index < -0.39 is 0 Å². The van der Waals surface area contributed by atoms with Crippen LogP contribution in [0.2, 0.25) is 0 Å². The van der Waals surface area contributed by atoms with E-state index >= 15 is 0 Å². The first-order chi connectivity index (χ1) is 9.86. The van der Waals surface area contributed by atoms with Gasteiger partial charge in [0.05, 0.1) is 6.20 Å². The third-order valence-corrected chi connectivity index (χ3v) is 3.61. The number of aryl methyl sites for hydroxylation is 1. The summed E-state index contributed by atoms with van der Waals surface area (Å²) >= 11 is 1.61. The van der Waals surface area contributed by atoms with Crippen molar-refractivity contribution < 1.29 is 9.52 Å². The van der Waals surface area contributed by atoms with Crippen molar-refractivity contribution in [1.82, 2.24) is 25.0 Å². The van der Waals surface area contributed by atoms with Crippen molar-refractivity contribution in [2.45, 2.75) is 18.2 Å². The second-order valence-corrected chi connectivity index (χ2v) is 5.14. The van der Waals surface area contributed by atoms with Gasteiger partial charge in [-0.25, -0.2) is 4.98 Å². The minimum absolute atomic E-state index is 0.108. The fourth-order valence-corrected chi connectivity index (χ4v) is 2.54. The molecule has 0 radical (unpaired) electrons. The van der Waals surface area contributed by atoms with Crippen LogP contribution in [-0.4, -0.2) is 35.8 Å². The number of imidazole rings is 1. The van der Waals surface area contributed by atoms with Crippen LogP contribution in [0.25, 0.3) is 11.6 Å². The van der Waals surface area contributed by atoms with E-state index in [1.165, 1.54) is 0 Å². The van der Waals surface area contributed by atoms with Gasteiger partial charge in [-0.15, -0.1) is 16.9 Å². The van der Waals surface area contributed by atoms with Crippen LogP contribution < -0.4 is 0 Å². The summed E-state index contributed by atoms with van der Waals surface area (Å²) < 4.78 is 7.51. The molecule has 3 heterocycles. The lowest BCUT2D eigenvalue weighted by Gasteiger charge is -2.04. The Morgan fingerprint density at radius 1 is 1.40 bits per heavy atom. The molecule has 3 rings (SSSR count). The molecule has 3 aromatic rings. The number of H-pyrrole nitrogens is 1. The molecule has 0 unspecified atom stereocenters. The summed E-state index contributed by atoms with van der Waals surface area (Å²) in [5.74, 6) is 2.80. The van der Waals surface area contributed by atoms with E-state index in [-0.39, 0.29) is 6.61 Å². The number of nitrogens with zero attached hydrogens (tertiary/aromatic N) is 4. The summed E-state index contributed by atoms with van der Waals surface area (Å²) in [6, 6.07) is 3.56. The number of aromatic amines is 1. The maximum atomic E-state index is 9.02. The van der Waals surface area contributed by atoms with E-state index in [4.69, 9.17) is 9.52 Å². The maximum absolute atomic E-state index is 9.02. The average Bonchev–Trinajstić information content (AvgIpc) is 3.20. The Morgan fingerprint density at radius 3 is 3.10 bits per heavy atom. The van der Waals surface area contributed by atoms with Gasteiger partial charge in [0.2, 0.25) is 0 Å². The van der Waals surface area contributed by atoms with Crippen LogP contribution >= 0.6 is 11.8 Å². The molecular weight excluding hydrogens is 278 g/mol. The number of aromatic nitrogens is 5. The molecule has 0 amide bonds. The van der Waals surface area contributed by atoms with Crippen LogP contribution in [0.3, 0.4) is 0 Å². The first-order valence-corrected chi connectivity index (χ1v) is 7.05. The van der Waals surface area contributed by atoms with Crippen molar-refractivity contribution in [2.75, 3.05) is 5.75 Å². The molecule has 3 aromatic heterocycles. The van der Waals surface area contributed by atoms with E-state index in [1.807, 2.05) is 16.8 Å². The molecule has 8 heteroatoms. The van der Waals surface area contributed by atoms with Crippen LogP contribution in [0, 0.1) is 0 Å². The van der Waals surface area contributed by atoms with Gasteiger partial charge in [-0.1, -0.05) is 0 Å². The second-order valence-electron chi connectivity index (χ2n) is 4.03. The van der Waals surface area contributed by atoms with Crippen LogP contribution in [0.4, 0.5) is 0 Å². The lowest BCUT2D eigenvalue weighted by molar-refractivity contribution is 0.248. The normalized spacial score (nSPS) is 11.1. The first-order valence-electron chi connectivity index (χ1n) is 6.06. The molecule has 104 valence electrons. The summed E-state index contributed by atoms with van der Waals surface area (Å²) in [5, 5.41) is 20.2. The lowest BCUT2D eigenvalue weighted by atomic mass is 10.4. The molecule has 2 N–H and O–H groups in total. The average molecular weight is 291 g/mol. The van der Waals surface area contributed by atoms with Crippen LogP contribution in [0.1, 0.15) is 5.76 Å². The zero-order valence-corrected chi connectivity index (χ0v) is 11.4. The number of aliphatic hydroxyl groups is 1. The number of hydrogen-bond donors (Lipinski definition) is 2. The van der Waals surface area contributed by atoms with Gasteiger partial charge in [0.1, 0.15) is 17.4 Å². The predicted octanol–water partition coefficient (Wildman–Crippen LogP) is 1.55. The van der Waals surface area contributed by atoms with Gasteiger partial charge in [-0.05, 0) is 12.1 Å². The SMILES string of the molecule is OCc1ccc(-c2nccn2CCSc2cn[nH]n2)o1.